The molecule has 33 heavy (non-hydrogen) atoms. The smallest absolute Gasteiger partial charge is 0.180 e. The molecule has 0 aromatic heterocycles. The minimum absolute atomic E-state index is 0.489. The van der Waals surface area contributed by atoms with Gasteiger partial charge in [-0.3, -0.25) is 4.79 Å². The first kappa shape index (κ1) is 22.9. The zero-order valence-corrected chi connectivity index (χ0v) is 20.6. The summed E-state index contributed by atoms with van der Waals surface area (Å²) >= 11 is 3.64. The first-order valence-electron chi connectivity index (χ1n) is 10.9. The minimum Gasteiger partial charge on any atom is -0.494 e. The number of benzene rings is 3. The van der Waals surface area contributed by atoms with Crippen LogP contribution in [0.1, 0.15) is 12.5 Å². The quantitative estimate of drug-likeness (QED) is 0.413. The molecule has 4 rings (SSSR count). The van der Waals surface area contributed by atoms with Crippen LogP contribution in [0.4, 0.5) is 17.1 Å². The van der Waals surface area contributed by atoms with E-state index in [0.29, 0.717) is 13.2 Å². The van der Waals surface area contributed by atoms with Gasteiger partial charge in [-0.05, 0) is 59.3 Å². The van der Waals surface area contributed by atoms with Gasteiger partial charge < -0.3 is 14.5 Å². The van der Waals surface area contributed by atoms with E-state index < -0.39 is 6.17 Å². The number of halogens is 1. The number of anilines is 3. The molecular formula is C26H27BrN4O2. The summed E-state index contributed by atoms with van der Waals surface area (Å²) in [5.74, 6) is 0.815. The van der Waals surface area contributed by atoms with Crippen LogP contribution in [-0.2, 0) is 4.79 Å². The van der Waals surface area contributed by atoms with Crippen molar-refractivity contribution in [1.82, 2.24) is 0 Å². The summed E-state index contributed by atoms with van der Waals surface area (Å²) in [6.07, 6.45) is 0.359. The molecule has 0 saturated carbocycles. The number of rotatable bonds is 7. The van der Waals surface area contributed by atoms with Gasteiger partial charge in [0.15, 0.2) is 12.5 Å². The molecule has 0 spiro atoms. The maximum Gasteiger partial charge on any atom is 0.180 e. The summed E-state index contributed by atoms with van der Waals surface area (Å²) in [4.78, 5) is 16.5. The Morgan fingerprint density at radius 3 is 2.48 bits per heavy atom. The van der Waals surface area contributed by atoms with E-state index in [4.69, 9.17) is 9.84 Å². The van der Waals surface area contributed by atoms with Gasteiger partial charge in [-0.1, -0.05) is 30.3 Å². The average Bonchev–Trinajstić information content (AvgIpc) is 2.84. The lowest BCUT2D eigenvalue weighted by Crippen LogP contribution is -2.54. The van der Waals surface area contributed by atoms with Crippen LogP contribution in [0.2, 0.25) is 0 Å². The van der Waals surface area contributed by atoms with Crippen LogP contribution in [0.3, 0.4) is 0 Å². The van der Waals surface area contributed by atoms with Gasteiger partial charge in [-0.15, -0.1) is 0 Å². The second-order valence-corrected chi connectivity index (χ2v) is 8.72. The van der Waals surface area contributed by atoms with Gasteiger partial charge in [0, 0.05) is 41.6 Å². The molecule has 3 aromatic rings. The maximum atomic E-state index is 12.4. The molecule has 0 aliphatic carbocycles. The van der Waals surface area contributed by atoms with Crippen molar-refractivity contribution in [1.29, 1.82) is 0 Å². The number of nitrogens with zero attached hydrogens (tertiary/aromatic N) is 4. The van der Waals surface area contributed by atoms with Crippen LogP contribution in [0.25, 0.3) is 0 Å². The Bertz CT molecular complexity index is 1150. The third-order valence-corrected chi connectivity index (χ3v) is 6.17. The zero-order chi connectivity index (χ0) is 23.4. The monoisotopic (exact) mass is 506 g/mol. The highest BCUT2D eigenvalue weighted by Gasteiger charge is 2.33. The molecule has 0 fully saturated rings. The summed E-state index contributed by atoms with van der Waals surface area (Å²) in [6.45, 7) is 3.07. The second kappa shape index (κ2) is 10.1. The van der Waals surface area contributed by atoms with Crippen LogP contribution in [0.15, 0.2) is 82.4 Å². The number of carbonyl (C=O) groups excluding carboxylic acids is 1. The van der Waals surface area contributed by atoms with Gasteiger partial charge in [0.1, 0.15) is 5.75 Å². The van der Waals surface area contributed by atoms with E-state index in [1.807, 2.05) is 93.8 Å². The summed E-state index contributed by atoms with van der Waals surface area (Å²) in [7, 11) is 4.01. The fraction of sp³-hybridized carbons (Fsp3) is 0.231. The third-order valence-electron chi connectivity index (χ3n) is 5.50. The first-order chi connectivity index (χ1) is 16.0. The molecule has 6 nitrogen and oxygen atoms in total. The predicted octanol–water partition coefficient (Wildman–Crippen LogP) is 5.17. The standard InChI is InChI=1S/C26H27BrN4O2/c1-4-33-20-14-15-21(25(16-20)29(2)3)23-17-30(19-10-6-5-7-11-19)26(18-32)31(28-23)24-13-9-8-12-22(24)27/h5-16,18,26H,4,17H2,1-3H3. The number of para-hydroxylation sites is 2. The first-order valence-corrected chi connectivity index (χ1v) is 11.7. The Morgan fingerprint density at radius 2 is 1.82 bits per heavy atom. The summed E-state index contributed by atoms with van der Waals surface area (Å²) in [5, 5.41) is 6.80. The SMILES string of the molecule is CCOc1ccc(C2=NN(c3ccccc3Br)C(C=O)N(c3ccccc3)C2)c(N(C)C)c1. The zero-order valence-electron chi connectivity index (χ0n) is 19.0. The van der Waals surface area contributed by atoms with Crippen molar-refractivity contribution < 1.29 is 9.53 Å². The highest BCUT2D eigenvalue weighted by Crippen LogP contribution is 2.34. The molecule has 0 saturated heterocycles. The van der Waals surface area contributed by atoms with Gasteiger partial charge in [0.2, 0.25) is 0 Å². The van der Waals surface area contributed by atoms with Gasteiger partial charge in [-0.25, -0.2) is 5.01 Å². The lowest BCUT2D eigenvalue weighted by Gasteiger charge is -2.41. The normalized spacial score (nSPS) is 15.8. The van der Waals surface area contributed by atoms with E-state index in [1.54, 1.807) is 5.01 Å². The lowest BCUT2D eigenvalue weighted by molar-refractivity contribution is -0.109. The number of hydrazone groups is 1. The van der Waals surface area contributed by atoms with Crippen molar-refractivity contribution >= 4 is 45.0 Å². The number of carbonyl (C=O) groups is 1. The summed E-state index contributed by atoms with van der Waals surface area (Å²) < 4.78 is 6.60. The van der Waals surface area contributed by atoms with Crippen LogP contribution in [0.5, 0.6) is 5.75 Å². The second-order valence-electron chi connectivity index (χ2n) is 7.86. The van der Waals surface area contributed by atoms with Crippen molar-refractivity contribution in [3.05, 3.63) is 82.8 Å². The van der Waals surface area contributed by atoms with Gasteiger partial charge in [0.25, 0.3) is 0 Å². The van der Waals surface area contributed by atoms with Crippen LogP contribution in [-0.4, -0.2) is 45.4 Å². The van der Waals surface area contributed by atoms with E-state index in [2.05, 4.69) is 25.7 Å². The third kappa shape index (κ3) is 4.73. The molecule has 1 heterocycles. The van der Waals surface area contributed by atoms with E-state index in [9.17, 15) is 4.79 Å². The van der Waals surface area contributed by atoms with Crippen LogP contribution >= 0.6 is 15.9 Å². The van der Waals surface area contributed by atoms with Crippen molar-refractivity contribution in [3.63, 3.8) is 0 Å². The maximum absolute atomic E-state index is 12.4. The van der Waals surface area contributed by atoms with E-state index >= 15 is 0 Å². The highest BCUT2D eigenvalue weighted by molar-refractivity contribution is 9.10. The van der Waals surface area contributed by atoms with Gasteiger partial charge in [0.05, 0.1) is 24.6 Å². The minimum atomic E-state index is -0.583. The average molecular weight is 507 g/mol. The number of hydrogen-bond donors (Lipinski definition) is 0. The number of aldehydes is 1. The van der Waals surface area contributed by atoms with Crippen molar-refractivity contribution in [2.24, 2.45) is 5.10 Å². The Labute approximate surface area is 203 Å². The molecule has 0 bridgehead atoms. The Morgan fingerprint density at radius 1 is 1.09 bits per heavy atom. The molecule has 7 heteroatoms. The molecule has 1 atom stereocenters. The Hall–Kier alpha value is -3.32. The molecule has 1 unspecified atom stereocenters. The summed E-state index contributed by atoms with van der Waals surface area (Å²) in [5.41, 5.74) is 4.64. The van der Waals surface area contributed by atoms with Crippen molar-refractivity contribution in [3.8, 4) is 5.75 Å². The van der Waals surface area contributed by atoms with E-state index in [1.165, 1.54) is 0 Å². The molecule has 1 aliphatic rings. The molecule has 0 amide bonds. The summed E-state index contributed by atoms with van der Waals surface area (Å²) in [6, 6.07) is 23.8. The van der Waals surface area contributed by atoms with Crippen molar-refractivity contribution in [2.45, 2.75) is 13.1 Å². The number of ether oxygens (including phenoxy) is 1. The molecule has 170 valence electrons. The Balaban J connectivity index is 1.88. The Kier molecular flexibility index (Phi) is 6.99. The van der Waals surface area contributed by atoms with E-state index in [-0.39, 0.29) is 0 Å². The van der Waals surface area contributed by atoms with Crippen LogP contribution in [0, 0.1) is 0 Å². The van der Waals surface area contributed by atoms with Crippen molar-refractivity contribution in [2.75, 3.05) is 42.1 Å². The molecule has 1 aliphatic heterocycles. The molecule has 0 N–H and O–H groups in total. The largest absolute Gasteiger partial charge is 0.494 e. The predicted molar refractivity (Wildman–Crippen MR) is 139 cm³/mol. The lowest BCUT2D eigenvalue weighted by atomic mass is 10.0. The van der Waals surface area contributed by atoms with E-state index in [0.717, 1.165) is 44.8 Å². The molecule has 0 radical (unpaired) electrons. The van der Waals surface area contributed by atoms with Crippen LogP contribution < -0.4 is 19.5 Å². The fourth-order valence-corrected chi connectivity index (χ4v) is 4.42. The van der Waals surface area contributed by atoms with Gasteiger partial charge >= 0.3 is 0 Å². The molecular weight excluding hydrogens is 480 g/mol. The fourth-order valence-electron chi connectivity index (χ4n) is 3.96. The van der Waals surface area contributed by atoms with Gasteiger partial charge in [-0.2, -0.15) is 5.10 Å². The highest BCUT2D eigenvalue weighted by atomic mass is 79.9. The molecule has 3 aromatic carbocycles. The topological polar surface area (TPSA) is 48.4 Å². The number of hydrogen-bond acceptors (Lipinski definition) is 6.